The molecule has 2 aromatic carbocycles. The second-order valence-electron chi connectivity index (χ2n) is 7.77. The van der Waals surface area contributed by atoms with Crippen LogP contribution in [0.2, 0.25) is 0 Å². The van der Waals surface area contributed by atoms with E-state index in [1.54, 1.807) is 4.90 Å². The molecule has 2 aromatic rings. The number of amides is 3. The van der Waals surface area contributed by atoms with Gasteiger partial charge < -0.3 is 25.3 Å². The number of aliphatic hydroxyl groups is 2. The number of anilines is 1. The lowest BCUT2D eigenvalue weighted by Crippen LogP contribution is -2.58. The molecule has 0 unspecified atom stereocenters. The minimum absolute atomic E-state index is 0.0113. The molecule has 0 radical (unpaired) electrons. The zero-order valence-corrected chi connectivity index (χ0v) is 18.4. The van der Waals surface area contributed by atoms with Crippen LogP contribution in [-0.2, 0) is 11.4 Å². The van der Waals surface area contributed by atoms with Gasteiger partial charge >= 0.3 is 6.03 Å². The predicted molar refractivity (Wildman–Crippen MR) is 123 cm³/mol. The first kappa shape index (κ1) is 24.1. The summed E-state index contributed by atoms with van der Waals surface area (Å²) in [6, 6.07) is 13.6. The van der Waals surface area contributed by atoms with Crippen molar-refractivity contribution in [3.05, 3.63) is 65.2 Å². The highest BCUT2D eigenvalue weighted by Crippen LogP contribution is 2.17. The molecular weight excluding hydrogens is 424 g/mol. The van der Waals surface area contributed by atoms with E-state index >= 15 is 0 Å². The molecule has 0 spiro atoms. The Bertz CT molecular complexity index is 1000. The maximum absolute atomic E-state index is 12.4. The third kappa shape index (κ3) is 6.46. The lowest BCUT2D eigenvalue weighted by molar-refractivity contribution is -0.133. The van der Waals surface area contributed by atoms with Crippen LogP contribution >= 0.6 is 0 Å². The van der Waals surface area contributed by atoms with Gasteiger partial charge in [-0.1, -0.05) is 24.0 Å². The number of benzene rings is 2. The van der Waals surface area contributed by atoms with Crippen molar-refractivity contribution >= 4 is 17.6 Å². The Hall–Kier alpha value is -3.58. The molecule has 5 N–H and O–H groups in total. The van der Waals surface area contributed by atoms with Crippen molar-refractivity contribution in [1.29, 1.82) is 0 Å². The van der Waals surface area contributed by atoms with Crippen LogP contribution in [0, 0.1) is 11.8 Å². The number of aliphatic hydroxyl groups excluding tert-OH is 2. The second-order valence-corrected chi connectivity index (χ2v) is 7.77. The normalized spacial score (nSPS) is 15.2. The zero-order valence-electron chi connectivity index (χ0n) is 18.4. The number of hydrogen-bond donors (Lipinski definition) is 5. The molecule has 33 heavy (non-hydrogen) atoms. The van der Waals surface area contributed by atoms with E-state index in [4.69, 9.17) is 10.3 Å². The summed E-state index contributed by atoms with van der Waals surface area (Å²) in [5.74, 6) is 5.36. The molecule has 3 amide bonds. The third-order valence-electron chi connectivity index (χ3n) is 5.44. The third-order valence-corrected chi connectivity index (χ3v) is 5.44. The highest BCUT2D eigenvalue weighted by molar-refractivity contribution is 5.87. The second kappa shape index (κ2) is 11.3. The monoisotopic (exact) mass is 452 g/mol. The Kier molecular flexibility index (Phi) is 8.27. The summed E-state index contributed by atoms with van der Waals surface area (Å²) in [5, 5.41) is 30.0. The summed E-state index contributed by atoms with van der Waals surface area (Å²) >= 11 is 0. The van der Waals surface area contributed by atoms with Gasteiger partial charge in [0.1, 0.15) is 6.04 Å². The van der Waals surface area contributed by atoms with Gasteiger partial charge in [-0.05, 0) is 48.9 Å². The smallest absolute Gasteiger partial charge is 0.318 e. The van der Waals surface area contributed by atoms with Crippen molar-refractivity contribution in [1.82, 2.24) is 15.7 Å². The summed E-state index contributed by atoms with van der Waals surface area (Å²) in [7, 11) is 0. The van der Waals surface area contributed by atoms with E-state index < -0.39 is 24.1 Å². The molecule has 0 aliphatic carbocycles. The summed E-state index contributed by atoms with van der Waals surface area (Å²) in [6.07, 6.45) is -1.15. The Morgan fingerprint density at radius 1 is 0.970 bits per heavy atom. The van der Waals surface area contributed by atoms with Gasteiger partial charge in [0.2, 0.25) is 0 Å². The SMILES string of the molecule is C[C@@H](O)[C@@H](NC(=O)N1CCN(c2ccc(C#Cc3ccc(CO)cc3)cc2)CC1)C(=O)NO. The lowest BCUT2D eigenvalue weighted by atomic mass is 10.1. The molecule has 1 fully saturated rings. The molecule has 0 bridgehead atoms. The average molecular weight is 453 g/mol. The van der Waals surface area contributed by atoms with Gasteiger partial charge in [-0.25, -0.2) is 10.3 Å². The fraction of sp³-hybridized carbons (Fsp3) is 0.333. The highest BCUT2D eigenvalue weighted by atomic mass is 16.5. The maximum atomic E-state index is 12.4. The van der Waals surface area contributed by atoms with Gasteiger partial charge in [0.05, 0.1) is 12.7 Å². The van der Waals surface area contributed by atoms with Crippen molar-refractivity contribution in [2.24, 2.45) is 0 Å². The molecule has 174 valence electrons. The van der Waals surface area contributed by atoms with Crippen LogP contribution in [0.5, 0.6) is 0 Å². The fourth-order valence-electron chi connectivity index (χ4n) is 3.46. The number of carbonyl (C=O) groups excluding carboxylic acids is 2. The molecule has 9 nitrogen and oxygen atoms in total. The van der Waals surface area contributed by atoms with Gasteiger partial charge in [0.25, 0.3) is 5.91 Å². The first-order valence-corrected chi connectivity index (χ1v) is 10.7. The number of carbonyl (C=O) groups is 2. The first-order valence-electron chi connectivity index (χ1n) is 10.7. The average Bonchev–Trinajstić information content (AvgIpc) is 2.86. The van der Waals surface area contributed by atoms with Crippen LogP contribution in [-0.4, -0.2) is 70.6 Å². The summed E-state index contributed by atoms with van der Waals surface area (Å²) in [6.45, 7) is 3.49. The van der Waals surface area contributed by atoms with Gasteiger partial charge in [-0.15, -0.1) is 0 Å². The van der Waals surface area contributed by atoms with Crippen molar-refractivity contribution < 1.29 is 25.0 Å². The molecule has 9 heteroatoms. The number of nitrogens with zero attached hydrogens (tertiary/aromatic N) is 2. The van der Waals surface area contributed by atoms with Crippen molar-refractivity contribution in [3.8, 4) is 11.8 Å². The van der Waals surface area contributed by atoms with Gasteiger partial charge in [-0.2, -0.15) is 0 Å². The van der Waals surface area contributed by atoms with Crippen LogP contribution in [0.4, 0.5) is 10.5 Å². The van der Waals surface area contributed by atoms with Crippen LogP contribution in [0.3, 0.4) is 0 Å². The van der Waals surface area contributed by atoms with Crippen molar-refractivity contribution in [3.63, 3.8) is 0 Å². The predicted octanol–water partition coefficient (Wildman–Crippen LogP) is 0.665. The van der Waals surface area contributed by atoms with Crippen LogP contribution in [0.1, 0.15) is 23.6 Å². The summed E-state index contributed by atoms with van der Waals surface area (Å²) in [5.41, 5.74) is 5.08. The molecule has 2 atom stereocenters. The van der Waals surface area contributed by atoms with E-state index in [0.29, 0.717) is 26.2 Å². The first-order chi connectivity index (χ1) is 15.9. The fourth-order valence-corrected chi connectivity index (χ4v) is 3.46. The Balaban J connectivity index is 1.54. The van der Waals surface area contributed by atoms with Gasteiger partial charge in [0, 0.05) is 43.0 Å². The standard InChI is InChI=1S/C24H28N4O5/c1-17(30)22(23(31)26-33)25-24(32)28-14-12-27(13-15-28)21-10-8-19(9-11-21)3-2-18-4-6-20(16-29)7-5-18/h4-11,17,22,29-30,33H,12-16H2,1H3,(H,25,32)(H,26,31)/t17-,22-/m1/s1. The number of hydrogen-bond acceptors (Lipinski definition) is 6. The van der Waals surface area contributed by atoms with E-state index in [1.165, 1.54) is 12.4 Å². The lowest BCUT2D eigenvalue weighted by Gasteiger charge is -2.36. The molecule has 1 saturated heterocycles. The molecule has 3 rings (SSSR count). The van der Waals surface area contributed by atoms with Crippen molar-refractivity contribution in [2.75, 3.05) is 31.1 Å². The number of hydroxylamine groups is 1. The highest BCUT2D eigenvalue weighted by Gasteiger charge is 2.29. The van der Waals surface area contributed by atoms with Crippen LogP contribution in [0.15, 0.2) is 48.5 Å². The minimum Gasteiger partial charge on any atom is -0.392 e. The number of rotatable bonds is 5. The molecule has 1 aliphatic heterocycles. The van der Waals surface area contributed by atoms with E-state index in [0.717, 1.165) is 22.4 Å². The molecule has 0 saturated carbocycles. The quantitative estimate of drug-likeness (QED) is 0.258. The maximum Gasteiger partial charge on any atom is 0.318 e. The Morgan fingerprint density at radius 3 is 2.00 bits per heavy atom. The van der Waals surface area contributed by atoms with Crippen LogP contribution < -0.4 is 15.7 Å². The van der Waals surface area contributed by atoms with Crippen molar-refractivity contribution in [2.45, 2.75) is 25.7 Å². The molecule has 1 heterocycles. The number of nitrogens with one attached hydrogen (secondary N) is 2. The summed E-state index contributed by atoms with van der Waals surface area (Å²) < 4.78 is 0. The molecule has 0 aromatic heterocycles. The largest absolute Gasteiger partial charge is 0.392 e. The zero-order chi connectivity index (χ0) is 23.8. The van der Waals surface area contributed by atoms with E-state index in [1.807, 2.05) is 48.5 Å². The van der Waals surface area contributed by atoms with Gasteiger partial charge in [0.15, 0.2) is 0 Å². The van der Waals surface area contributed by atoms with Crippen LogP contribution in [0.25, 0.3) is 0 Å². The Morgan fingerprint density at radius 2 is 1.52 bits per heavy atom. The van der Waals surface area contributed by atoms with E-state index in [-0.39, 0.29) is 6.61 Å². The Labute approximate surface area is 192 Å². The summed E-state index contributed by atoms with van der Waals surface area (Å²) in [4.78, 5) is 27.8. The van der Waals surface area contributed by atoms with Gasteiger partial charge in [-0.3, -0.25) is 10.0 Å². The topological polar surface area (TPSA) is 125 Å². The van der Waals surface area contributed by atoms with E-state index in [9.17, 15) is 14.7 Å². The number of urea groups is 1. The number of piperazine rings is 1. The molecule has 1 aliphatic rings. The van der Waals surface area contributed by atoms with E-state index in [2.05, 4.69) is 22.1 Å². The minimum atomic E-state index is -1.23. The molecular formula is C24H28N4O5.